The maximum atomic E-state index is 14.6. The molecule has 0 aliphatic heterocycles. The van der Waals surface area contributed by atoms with Crippen LogP contribution in [0.3, 0.4) is 0 Å². The molecule has 0 fully saturated rings. The molecular weight excluding hydrogens is 590 g/mol. The Labute approximate surface area is 275 Å². The molecule has 0 bridgehead atoms. The Morgan fingerprint density at radius 1 is 0.396 bits per heavy atom. The predicted molar refractivity (Wildman–Crippen MR) is 194 cm³/mol. The van der Waals surface area contributed by atoms with E-state index in [9.17, 15) is 4.79 Å². The van der Waals surface area contributed by atoms with Gasteiger partial charge >= 0.3 is 0 Å². The molecule has 6 nitrogen and oxygen atoms in total. The van der Waals surface area contributed by atoms with E-state index in [1.165, 1.54) is 0 Å². The number of nitrogens with zero attached hydrogens (tertiary/aromatic N) is 5. The number of pyridine rings is 1. The fourth-order valence-corrected chi connectivity index (χ4v) is 6.62. The van der Waals surface area contributed by atoms with Crippen LogP contribution in [0, 0.1) is 0 Å². The van der Waals surface area contributed by atoms with Crippen molar-refractivity contribution in [2.45, 2.75) is 0 Å². The lowest BCUT2D eigenvalue weighted by Crippen LogP contribution is -2.19. The molecule has 3 heterocycles. The zero-order chi connectivity index (χ0) is 32.0. The lowest BCUT2D eigenvalue weighted by Gasteiger charge is -2.15. The highest BCUT2D eigenvalue weighted by molar-refractivity contribution is 6.17. The van der Waals surface area contributed by atoms with Crippen molar-refractivity contribution < 1.29 is 0 Å². The fourth-order valence-electron chi connectivity index (χ4n) is 6.62. The third kappa shape index (κ3) is 4.50. The number of aromatic nitrogens is 5. The first-order valence-corrected chi connectivity index (χ1v) is 15.8. The van der Waals surface area contributed by atoms with Gasteiger partial charge in [0.15, 0.2) is 17.5 Å². The van der Waals surface area contributed by atoms with Crippen LogP contribution >= 0.6 is 0 Å². The summed E-state index contributed by atoms with van der Waals surface area (Å²) in [6.07, 6.45) is 0. The van der Waals surface area contributed by atoms with E-state index in [0.717, 1.165) is 55.4 Å². The zero-order valence-corrected chi connectivity index (χ0v) is 25.7. The third-order valence-electron chi connectivity index (χ3n) is 8.77. The zero-order valence-electron chi connectivity index (χ0n) is 25.7. The molecule has 3 aromatic heterocycles. The van der Waals surface area contributed by atoms with Crippen LogP contribution < -0.4 is 5.56 Å². The van der Waals surface area contributed by atoms with Crippen molar-refractivity contribution in [3.8, 4) is 45.5 Å². The molecule has 0 saturated carbocycles. The van der Waals surface area contributed by atoms with Gasteiger partial charge in [-0.2, -0.15) is 0 Å². The number of para-hydroxylation sites is 3. The Morgan fingerprint density at radius 2 is 0.854 bits per heavy atom. The molecule has 0 unspecified atom stereocenters. The normalized spacial score (nSPS) is 11.4. The van der Waals surface area contributed by atoms with Crippen LogP contribution in [0.4, 0.5) is 0 Å². The topological polar surface area (TPSA) is 65.6 Å². The van der Waals surface area contributed by atoms with Crippen molar-refractivity contribution in [2.75, 3.05) is 0 Å². The molecule has 0 atom stereocenters. The van der Waals surface area contributed by atoms with Crippen LogP contribution in [0.25, 0.3) is 78.2 Å². The minimum atomic E-state index is -0.0570. The van der Waals surface area contributed by atoms with Gasteiger partial charge in [-0.1, -0.05) is 127 Å². The van der Waals surface area contributed by atoms with Gasteiger partial charge in [-0.15, -0.1) is 0 Å². The lowest BCUT2D eigenvalue weighted by atomic mass is 10.1. The minimum Gasteiger partial charge on any atom is -0.308 e. The molecule has 0 spiro atoms. The summed E-state index contributed by atoms with van der Waals surface area (Å²) >= 11 is 0. The first-order chi connectivity index (χ1) is 23.7. The molecule has 226 valence electrons. The molecule has 0 N–H and O–H groups in total. The monoisotopic (exact) mass is 617 g/mol. The first-order valence-electron chi connectivity index (χ1n) is 15.8. The van der Waals surface area contributed by atoms with E-state index >= 15 is 0 Å². The summed E-state index contributed by atoms with van der Waals surface area (Å²) in [6, 6.07) is 54.3. The summed E-state index contributed by atoms with van der Waals surface area (Å²) in [6.45, 7) is 0. The highest BCUT2D eigenvalue weighted by atomic mass is 16.1. The largest absolute Gasteiger partial charge is 0.308 e. The average molecular weight is 618 g/mol. The quantitative estimate of drug-likeness (QED) is 0.193. The van der Waals surface area contributed by atoms with E-state index in [1.807, 2.05) is 144 Å². The summed E-state index contributed by atoms with van der Waals surface area (Å²) in [5, 5.41) is 2.56. The van der Waals surface area contributed by atoms with Crippen LogP contribution in [0.2, 0.25) is 0 Å². The molecule has 0 aliphatic rings. The van der Waals surface area contributed by atoms with Crippen molar-refractivity contribution >= 4 is 32.7 Å². The van der Waals surface area contributed by atoms with Crippen molar-refractivity contribution in [1.82, 2.24) is 24.1 Å². The van der Waals surface area contributed by atoms with Crippen LogP contribution in [0.15, 0.2) is 169 Å². The Hall–Kier alpha value is -6.66. The fraction of sp³-hybridized carbons (Fsp3) is 0. The van der Waals surface area contributed by atoms with E-state index in [-0.39, 0.29) is 5.56 Å². The second-order valence-electron chi connectivity index (χ2n) is 11.7. The minimum absolute atomic E-state index is 0.0570. The molecule has 6 heteroatoms. The van der Waals surface area contributed by atoms with Gasteiger partial charge in [0.25, 0.3) is 5.56 Å². The molecule has 48 heavy (non-hydrogen) atoms. The molecule has 9 rings (SSSR count). The Kier molecular flexibility index (Phi) is 6.50. The molecule has 6 aromatic carbocycles. The van der Waals surface area contributed by atoms with Crippen molar-refractivity contribution in [1.29, 1.82) is 0 Å². The number of rotatable bonds is 5. The van der Waals surface area contributed by atoms with E-state index < -0.39 is 0 Å². The Morgan fingerprint density at radius 3 is 1.48 bits per heavy atom. The smallest absolute Gasteiger partial charge is 0.265 e. The first kappa shape index (κ1) is 27.6. The maximum absolute atomic E-state index is 14.6. The highest BCUT2D eigenvalue weighted by Gasteiger charge is 2.21. The summed E-state index contributed by atoms with van der Waals surface area (Å²) < 4.78 is 4.02. The van der Waals surface area contributed by atoms with Gasteiger partial charge in [-0.3, -0.25) is 9.36 Å². The Balaban J connectivity index is 1.32. The van der Waals surface area contributed by atoms with Crippen molar-refractivity contribution in [2.24, 2.45) is 0 Å². The number of hydrogen-bond acceptors (Lipinski definition) is 4. The molecule has 0 saturated heterocycles. The van der Waals surface area contributed by atoms with Crippen molar-refractivity contribution in [3.63, 3.8) is 0 Å². The summed E-state index contributed by atoms with van der Waals surface area (Å²) in [5.41, 5.74) is 7.02. The molecular formula is C42H27N5O. The number of hydrogen-bond donors (Lipinski definition) is 0. The van der Waals surface area contributed by atoms with Gasteiger partial charge in [-0.05, 0) is 36.4 Å². The van der Waals surface area contributed by atoms with Crippen LogP contribution in [0.1, 0.15) is 0 Å². The highest BCUT2D eigenvalue weighted by Crippen LogP contribution is 2.36. The van der Waals surface area contributed by atoms with Gasteiger partial charge in [0, 0.05) is 38.8 Å². The van der Waals surface area contributed by atoms with E-state index in [0.29, 0.717) is 22.9 Å². The molecule has 0 aliphatic carbocycles. The molecule has 0 amide bonds. The van der Waals surface area contributed by atoms with Crippen molar-refractivity contribution in [3.05, 3.63) is 174 Å². The standard InChI is InChI=1S/C42H27N5O/c48-42-37-33-23-10-12-25-35(33)46(38(37)34-24-11-13-26-36(34)47(42)31-20-8-3-9-21-31)32-22-14-19-30(27-32)41-44-39(28-15-4-1-5-16-28)43-40(45-41)29-17-6-2-7-18-29/h1-27H. The van der Waals surface area contributed by atoms with Gasteiger partial charge in [0.2, 0.25) is 0 Å². The van der Waals surface area contributed by atoms with Crippen LogP contribution in [-0.2, 0) is 0 Å². The van der Waals surface area contributed by atoms with Gasteiger partial charge in [0.05, 0.1) is 21.9 Å². The maximum Gasteiger partial charge on any atom is 0.265 e. The van der Waals surface area contributed by atoms with Gasteiger partial charge in [-0.25, -0.2) is 15.0 Å². The second-order valence-corrected chi connectivity index (χ2v) is 11.7. The van der Waals surface area contributed by atoms with Crippen LogP contribution in [0.5, 0.6) is 0 Å². The SMILES string of the molecule is O=c1c2c3ccccc3n(-c3cccc(-c4nc(-c5ccccc5)nc(-c5ccccc5)n4)c3)c2c2ccccc2n1-c1ccccc1. The van der Waals surface area contributed by atoms with E-state index in [1.54, 1.807) is 0 Å². The Bertz CT molecular complexity index is 2620. The molecule has 9 aromatic rings. The lowest BCUT2D eigenvalue weighted by molar-refractivity contribution is 1.06. The van der Waals surface area contributed by atoms with E-state index in [4.69, 9.17) is 15.0 Å². The predicted octanol–water partition coefficient (Wildman–Crippen LogP) is 9.27. The number of fused-ring (bicyclic) bond motifs is 5. The molecule has 0 radical (unpaired) electrons. The van der Waals surface area contributed by atoms with Crippen LogP contribution in [-0.4, -0.2) is 24.1 Å². The average Bonchev–Trinajstić information content (AvgIpc) is 3.52. The second kappa shape index (κ2) is 11.3. The van der Waals surface area contributed by atoms with E-state index in [2.05, 4.69) is 28.8 Å². The third-order valence-corrected chi connectivity index (χ3v) is 8.77. The summed E-state index contributed by atoms with van der Waals surface area (Å²) in [4.78, 5) is 29.4. The summed E-state index contributed by atoms with van der Waals surface area (Å²) in [5.74, 6) is 1.78. The van der Waals surface area contributed by atoms with Gasteiger partial charge < -0.3 is 4.57 Å². The summed E-state index contributed by atoms with van der Waals surface area (Å²) in [7, 11) is 0. The number of benzene rings is 6. The van der Waals surface area contributed by atoms with Gasteiger partial charge in [0.1, 0.15) is 0 Å².